The van der Waals surface area contributed by atoms with Gasteiger partial charge in [0.25, 0.3) is 0 Å². The summed E-state index contributed by atoms with van der Waals surface area (Å²) in [6.45, 7) is 6.44. The summed E-state index contributed by atoms with van der Waals surface area (Å²) in [6, 6.07) is 8.76. The van der Waals surface area contributed by atoms with E-state index in [1.807, 2.05) is 0 Å². The van der Waals surface area contributed by atoms with E-state index in [1.165, 1.54) is 10.0 Å². The van der Waals surface area contributed by atoms with Crippen LogP contribution in [0.3, 0.4) is 0 Å². The van der Waals surface area contributed by atoms with Crippen molar-refractivity contribution in [1.29, 1.82) is 0 Å². The monoisotopic (exact) mass is 282 g/mol. The highest BCUT2D eigenvalue weighted by molar-refractivity contribution is 9.10. The van der Waals surface area contributed by atoms with E-state index >= 15 is 0 Å². The smallest absolute Gasteiger partial charge is 0.0474 e. The van der Waals surface area contributed by atoms with E-state index in [-0.39, 0.29) is 0 Å². The van der Waals surface area contributed by atoms with Crippen molar-refractivity contribution in [2.24, 2.45) is 5.92 Å². The molecule has 0 N–H and O–H groups in total. The van der Waals surface area contributed by atoms with Crippen LogP contribution in [0.4, 0.5) is 0 Å². The van der Waals surface area contributed by atoms with Gasteiger partial charge < -0.3 is 4.74 Å². The summed E-state index contributed by atoms with van der Waals surface area (Å²) in [4.78, 5) is 0. The fraction of sp³-hybridized carbons (Fsp3) is 0.571. The lowest BCUT2D eigenvalue weighted by atomic mass is 9.67. The van der Waals surface area contributed by atoms with Gasteiger partial charge in [0.1, 0.15) is 0 Å². The third-order valence-electron chi connectivity index (χ3n) is 3.89. The molecule has 2 heteroatoms. The van der Waals surface area contributed by atoms with Gasteiger partial charge in [0, 0.05) is 23.1 Å². The van der Waals surface area contributed by atoms with Crippen LogP contribution >= 0.6 is 15.9 Å². The highest BCUT2D eigenvalue weighted by atomic mass is 79.9. The molecule has 0 aromatic heterocycles. The van der Waals surface area contributed by atoms with Crippen LogP contribution in [0, 0.1) is 5.92 Å². The van der Waals surface area contributed by atoms with E-state index in [1.54, 1.807) is 0 Å². The molecule has 0 bridgehead atoms. The van der Waals surface area contributed by atoms with Crippen molar-refractivity contribution in [3.05, 3.63) is 34.3 Å². The van der Waals surface area contributed by atoms with Gasteiger partial charge in [-0.25, -0.2) is 0 Å². The van der Waals surface area contributed by atoms with Crippen molar-refractivity contribution < 1.29 is 4.74 Å². The van der Waals surface area contributed by atoms with E-state index in [4.69, 9.17) is 4.74 Å². The maximum Gasteiger partial charge on any atom is 0.0474 e. The molecule has 1 saturated heterocycles. The molecule has 1 aromatic rings. The molecule has 1 fully saturated rings. The molecule has 0 aliphatic carbocycles. The van der Waals surface area contributed by atoms with E-state index < -0.39 is 0 Å². The lowest BCUT2D eigenvalue weighted by molar-refractivity contribution is 0.0321. The van der Waals surface area contributed by atoms with Gasteiger partial charge in [-0.05, 0) is 36.5 Å². The summed E-state index contributed by atoms with van der Waals surface area (Å²) < 4.78 is 6.69. The Labute approximate surface area is 106 Å². The zero-order chi connectivity index (χ0) is 11.6. The summed E-state index contributed by atoms with van der Waals surface area (Å²) in [5.41, 5.74) is 1.77. The number of benzene rings is 1. The predicted octanol–water partition coefficient (Wildman–Crippen LogP) is 4.15. The number of ether oxygens (including phenoxy) is 1. The summed E-state index contributed by atoms with van der Waals surface area (Å²) in [5, 5.41) is 0. The van der Waals surface area contributed by atoms with Crippen LogP contribution in [0.5, 0.6) is 0 Å². The molecule has 88 valence electrons. The highest BCUT2D eigenvalue weighted by Gasteiger charge is 2.37. The molecule has 1 heterocycles. The second-order valence-electron chi connectivity index (χ2n) is 4.93. The molecule has 0 spiro atoms. The van der Waals surface area contributed by atoms with Gasteiger partial charge in [-0.1, -0.05) is 41.9 Å². The Hall–Kier alpha value is -0.340. The molecule has 1 aliphatic heterocycles. The fourth-order valence-electron chi connectivity index (χ4n) is 2.73. The van der Waals surface area contributed by atoms with Crippen molar-refractivity contribution >= 4 is 15.9 Å². The van der Waals surface area contributed by atoms with Gasteiger partial charge >= 0.3 is 0 Å². The van der Waals surface area contributed by atoms with Crippen LogP contribution in [0.25, 0.3) is 0 Å². The molecule has 1 nitrogen and oxygen atoms in total. The molecule has 16 heavy (non-hydrogen) atoms. The van der Waals surface area contributed by atoms with Crippen molar-refractivity contribution in [3.63, 3.8) is 0 Å². The quantitative estimate of drug-likeness (QED) is 0.792. The normalized spacial score (nSPS) is 20.0. The first-order valence-corrected chi connectivity index (χ1v) is 6.78. The van der Waals surface area contributed by atoms with E-state index in [0.717, 1.165) is 26.1 Å². The molecule has 0 radical (unpaired) electrons. The standard InChI is InChI=1S/C14H19BrO/c1-11(2)14(6-8-16-9-7-14)12-4-3-5-13(15)10-12/h3-5,10-11H,6-9H2,1-2H3. The lowest BCUT2D eigenvalue weighted by Gasteiger charge is -2.41. The second kappa shape index (κ2) is 4.89. The first-order valence-electron chi connectivity index (χ1n) is 5.99. The molecule has 0 amide bonds. The molecule has 2 rings (SSSR count). The molecule has 1 aromatic carbocycles. The Morgan fingerprint density at radius 2 is 1.94 bits per heavy atom. The minimum Gasteiger partial charge on any atom is -0.381 e. The molecule has 0 saturated carbocycles. The third kappa shape index (κ3) is 2.18. The summed E-state index contributed by atoms with van der Waals surface area (Å²) in [7, 11) is 0. The van der Waals surface area contributed by atoms with Crippen molar-refractivity contribution in [1.82, 2.24) is 0 Å². The van der Waals surface area contributed by atoms with Gasteiger partial charge in [0.2, 0.25) is 0 Å². The Morgan fingerprint density at radius 3 is 2.50 bits per heavy atom. The van der Waals surface area contributed by atoms with Gasteiger partial charge in [-0.3, -0.25) is 0 Å². The van der Waals surface area contributed by atoms with E-state index in [2.05, 4.69) is 54.0 Å². The zero-order valence-electron chi connectivity index (χ0n) is 10.0. The number of hydrogen-bond donors (Lipinski definition) is 0. The van der Waals surface area contributed by atoms with Gasteiger partial charge in [0.05, 0.1) is 0 Å². The minimum absolute atomic E-state index is 0.308. The maximum absolute atomic E-state index is 5.51. The summed E-state index contributed by atoms with van der Waals surface area (Å²) in [6.07, 6.45) is 2.28. The Balaban J connectivity index is 2.38. The highest BCUT2D eigenvalue weighted by Crippen LogP contribution is 2.41. The van der Waals surface area contributed by atoms with Crippen molar-refractivity contribution in [2.45, 2.75) is 32.1 Å². The van der Waals surface area contributed by atoms with Gasteiger partial charge in [-0.15, -0.1) is 0 Å². The van der Waals surface area contributed by atoms with E-state index in [0.29, 0.717) is 11.3 Å². The molecular formula is C14H19BrO. The second-order valence-corrected chi connectivity index (χ2v) is 5.85. The summed E-state index contributed by atoms with van der Waals surface area (Å²) in [5.74, 6) is 0.658. The number of rotatable bonds is 2. The van der Waals surface area contributed by atoms with Gasteiger partial charge in [0.15, 0.2) is 0 Å². The average Bonchev–Trinajstić information content (AvgIpc) is 2.30. The minimum atomic E-state index is 0.308. The maximum atomic E-state index is 5.51. The Kier molecular flexibility index (Phi) is 3.70. The Morgan fingerprint density at radius 1 is 1.25 bits per heavy atom. The SMILES string of the molecule is CC(C)C1(c2cccc(Br)c2)CCOCC1. The predicted molar refractivity (Wildman–Crippen MR) is 70.7 cm³/mol. The van der Waals surface area contributed by atoms with Gasteiger partial charge in [-0.2, -0.15) is 0 Å². The van der Waals surface area contributed by atoms with Crippen LogP contribution in [0.15, 0.2) is 28.7 Å². The lowest BCUT2D eigenvalue weighted by Crippen LogP contribution is -2.38. The van der Waals surface area contributed by atoms with Crippen LogP contribution in [-0.4, -0.2) is 13.2 Å². The molecular weight excluding hydrogens is 264 g/mol. The zero-order valence-corrected chi connectivity index (χ0v) is 11.6. The topological polar surface area (TPSA) is 9.23 Å². The van der Waals surface area contributed by atoms with Crippen molar-refractivity contribution in [3.8, 4) is 0 Å². The third-order valence-corrected chi connectivity index (χ3v) is 4.38. The van der Waals surface area contributed by atoms with E-state index in [9.17, 15) is 0 Å². The van der Waals surface area contributed by atoms with Crippen LogP contribution < -0.4 is 0 Å². The van der Waals surface area contributed by atoms with Crippen LogP contribution in [-0.2, 0) is 10.2 Å². The molecule has 0 atom stereocenters. The molecule has 1 aliphatic rings. The largest absolute Gasteiger partial charge is 0.381 e. The van der Waals surface area contributed by atoms with Crippen molar-refractivity contribution in [2.75, 3.05) is 13.2 Å². The summed E-state index contributed by atoms with van der Waals surface area (Å²) >= 11 is 3.57. The Bertz CT molecular complexity index is 354. The number of hydrogen-bond acceptors (Lipinski definition) is 1. The first-order chi connectivity index (χ1) is 7.65. The average molecular weight is 283 g/mol. The number of halogens is 1. The van der Waals surface area contributed by atoms with Crippen LogP contribution in [0.2, 0.25) is 0 Å². The molecule has 0 unspecified atom stereocenters. The fourth-order valence-corrected chi connectivity index (χ4v) is 3.13. The van der Waals surface area contributed by atoms with Crippen LogP contribution in [0.1, 0.15) is 32.3 Å². The first kappa shape index (κ1) is 12.1.